The van der Waals surface area contributed by atoms with Crippen molar-refractivity contribution in [2.75, 3.05) is 0 Å². The van der Waals surface area contributed by atoms with Crippen LogP contribution in [0.4, 0.5) is 0 Å². The van der Waals surface area contributed by atoms with Gasteiger partial charge in [-0.05, 0) is 13.0 Å². The van der Waals surface area contributed by atoms with Gasteiger partial charge in [0.15, 0.2) is 5.82 Å². The van der Waals surface area contributed by atoms with E-state index < -0.39 is 0 Å². The lowest BCUT2D eigenvalue weighted by molar-refractivity contribution is 0.0988. The predicted molar refractivity (Wildman–Crippen MR) is 44.4 cm³/mol. The third-order valence-corrected chi connectivity index (χ3v) is 1.24. The molecule has 0 aliphatic heterocycles. The lowest BCUT2D eigenvalue weighted by Gasteiger charge is -1.91. The summed E-state index contributed by atoms with van der Waals surface area (Å²) in [5.74, 6) is 5.41. The van der Waals surface area contributed by atoms with Crippen molar-refractivity contribution in [1.29, 1.82) is 0 Å². The highest BCUT2D eigenvalue weighted by Gasteiger charge is 2.04. The number of nitrogens with zero attached hydrogens (tertiary/aromatic N) is 2. The van der Waals surface area contributed by atoms with Gasteiger partial charge in [-0.3, -0.25) is 4.79 Å². The summed E-state index contributed by atoms with van der Waals surface area (Å²) in [6.45, 7) is 1.69. The van der Waals surface area contributed by atoms with Gasteiger partial charge in [0, 0.05) is 12.4 Å². The first-order valence-electron chi connectivity index (χ1n) is 3.54. The zero-order valence-corrected chi connectivity index (χ0v) is 6.74. The van der Waals surface area contributed by atoms with E-state index in [9.17, 15) is 4.79 Å². The van der Waals surface area contributed by atoms with Crippen molar-refractivity contribution in [3.05, 3.63) is 24.3 Å². The molecule has 0 radical (unpaired) electrons. The second-order valence-electron chi connectivity index (χ2n) is 2.10. The average molecular weight is 160 g/mol. The first-order valence-corrected chi connectivity index (χ1v) is 3.54. The smallest absolute Gasteiger partial charge is 0.211 e. The van der Waals surface area contributed by atoms with E-state index in [0.29, 0.717) is 0 Å². The van der Waals surface area contributed by atoms with Crippen molar-refractivity contribution in [2.24, 2.45) is 0 Å². The maximum Gasteiger partial charge on any atom is 0.211 e. The maximum absolute atomic E-state index is 11.2. The highest BCUT2D eigenvalue weighted by atomic mass is 16.1. The van der Waals surface area contributed by atoms with E-state index in [1.54, 1.807) is 25.4 Å². The van der Waals surface area contributed by atoms with Crippen LogP contribution in [0.5, 0.6) is 0 Å². The van der Waals surface area contributed by atoms with E-state index in [-0.39, 0.29) is 18.0 Å². The minimum Gasteiger partial charge on any atom is -0.290 e. The van der Waals surface area contributed by atoms with Crippen LogP contribution in [0.15, 0.2) is 18.5 Å². The highest BCUT2D eigenvalue weighted by molar-refractivity contribution is 5.93. The van der Waals surface area contributed by atoms with Gasteiger partial charge in [0.05, 0.1) is 6.42 Å². The van der Waals surface area contributed by atoms with Crippen molar-refractivity contribution in [3.63, 3.8) is 0 Å². The standard InChI is InChI=1S/C9H8N2O/c1-2-3-5-8(12)9-10-6-4-7-11-9/h4,6-7H,5H2,1H3. The van der Waals surface area contributed by atoms with Crippen molar-refractivity contribution in [2.45, 2.75) is 13.3 Å². The minimum atomic E-state index is -0.134. The molecule has 1 aromatic rings. The van der Waals surface area contributed by atoms with Gasteiger partial charge in [-0.2, -0.15) is 0 Å². The van der Waals surface area contributed by atoms with Crippen LogP contribution in [0.25, 0.3) is 0 Å². The zero-order chi connectivity index (χ0) is 8.81. The molecule has 1 heterocycles. The normalized spacial score (nSPS) is 8.42. The molecular formula is C9H8N2O. The van der Waals surface area contributed by atoms with Gasteiger partial charge in [0.25, 0.3) is 0 Å². The monoisotopic (exact) mass is 160 g/mol. The fraction of sp³-hybridized carbons (Fsp3) is 0.222. The van der Waals surface area contributed by atoms with E-state index in [1.165, 1.54) is 0 Å². The number of carbonyl (C=O) groups excluding carboxylic acids is 1. The Labute approximate surface area is 70.9 Å². The van der Waals surface area contributed by atoms with Crippen molar-refractivity contribution in [1.82, 2.24) is 9.97 Å². The Morgan fingerprint density at radius 2 is 2.17 bits per heavy atom. The summed E-state index contributed by atoms with van der Waals surface area (Å²) in [5.41, 5.74) is 0. The van der Waals surface area contributed by atoms with Gasteiger partial charge in [-0.1, -0.05) is 5.92 Å². The molecule has 3 nitrogen and oxygen atoms in total. The number of hydrogen-bond donors (Lipinski definition) is 0. The fourth-order valence-electron chi connectivity index (χ4n) is 0.691. The van der Waals surface area contributed by atoms with E-state index in [2.05, 4.69) is 21.8 Å². The van der Waals surface area contributed by atoms with Crippen LogP contribution in [0.3, 0.4) is 0 Å². The van der Waals surface area contributed by atoms with Crippen LogP contribution in [0.2, 0.25) is 0 Å². The first-order chi connectivity index (χ1) is 5.84. The van der Waals surface area contributed by atoms with Gasteiger partial charge in [0.1, 0.15) is 0 Å². The summed E-state index contributed by atoms with van der Waals surface area (Å²) < 4.78 is 0. The van der Waals surface area contributed by atoms with E-state index >= 15 is 0 Å². The van der Waals surface area contributed by atoms with Gasteiger partial charge >= 0.3 is 0 Å². The molecule has 0 spiro atoms. The maximum atomic E-state index is 11.2. The zero-order valence-electron chi connectivity index (χ0n) is 6.74. The molecule has 0 amide bonds. The van der Waals surface area contributed by atoms with E-state index in [4.69, 9.17) is 0 Å². The molecule has 1 aromatic heterocycles. The second-order valence-corrected chi connectivity index (χ2v) is 2.10. The third kappa shape index (κ3) is 2.17. The lowest BCUT2D eigenvalue weighted by Crippen LogP contribution is -2.02. The topological polar surface area (TPSA) is 42.9 Å². The summed E-state index contributed by atoms with van der Waals surface area (Å²) in [4.78, 5) is 18.8. The van der Waals surface area contributed by atoms with Crippen LogP contribution in [-0.2, 0) is 0 Å². The Hall–Kier alpha value is -1.69. The molecule has 12 heavy (non-hydrogen) atoms. The molecular weight excluding hydrogens is 152 g/mol. The molecule has 60 valence electrons. The van der Waals surface area contributed by atoms with Crippen molar-refractivity contribution >= 4 is 5.78 Å². The van der Waals surface area contributed by atoms with Crippen LogP contribution in [0, 0.1) is 11.8 Å². The minimum absolute atomic E-state index is 0.134. The molecule has 0 fully saturated rings. The van der Waals surface area contributed by atoms with Gasteiger partial charge in [-0.15, -0.1) is 5.92 Å². The summed E-state index contributed by atoms with van der Waals surface area (Å²) >= 11 is 0. The Morgan fingerprint density at radius 1 is 1.50 bits per heavy atom. The molecule has 0 aromatic carbocycles. The molecule has 0 saturated carbocycles. The summed E-state index contributed by atoms with van der Waals surface area (Å²) in [7, 11) is 0. The first kappa shape index (κ1) is 8.41. The van der Waals surface area contributed by atoms with Gasteiger partial charge < -0.3 is 0 Å². The van der Waals surface area contributed by atoms with Gasteiger partial charge in [-0.25, -0.2) is 9.97 Å². The number of Topliss-reactive ketones (excluding diaryl/α,β-unsaturated/α-hetero) is 1. The van der Waals surface area contributed by atoms with Crippen molar-refractivity contribution in [3.8, 4) is 11.8 Å². The van der Waals surface area contributed by atoms with Crippen LogP contribution in [0.1, 0.15) is 24.0 Å². The molecule has 0 aliphatic rings. The molecule has 0 atom stereocenters. The van der Waals surface area contributed by atoms with E-state index in [1.807, 2.05) is 0 Å². The second kappa shape index (κ2) is 4.24. The number of hydrogen-bond acceptors (Lipinski definition) is 3. The molecule has 0 unspecified atom stereocenters. The Balaban J connectivity index is 2.70. The molecule has 3 heteroatoms. The molecule has 0 saturated heterocycles. The number of ketones is 1. The molecule has 0 aliphatic carbocycles. The number of rotatable bonds is 2. The fourth-order valence-corrected chi connectivity index (χ4v) is 0.691. The number of aromatic nitrogens is 2. The van der Waals surface area contributed by atoms with Gasteiger partial charge in [0.2, 0.25) is 5.78 Å². The van der Waals surface area contributed by atoms with Crippen LogP contribution < -0.4 is 0 Å². The molecule has 0 bridgehead atoms. The highest BCUT2D eigenvalue weighted by Crippen LogP contribution is 1.92. The predicted octanol–water partition coefficient (Wildman–Crippen LogP) is 1.07. The SMILES string of the molecule is CC#CCC(=O)c1ncccn1. The summed E-state index contributed by atoms with van der Waals surface area (Å²) in [6, 6.07) is 1.67. The average Bonchev–Trinajstić information content (AvgIpc) is 2.15. The third-order valence-electron chi connectivity index (χ3n) is 1.24. The largest absolute Gasteiger partial charge is 0.290 e. The lowest BCUT2D eigenvalue weighted by atomic mass is 10.3. The Morgan fingerprint density at radius 3 is 2.75 bits per heavy atom. The van der Waals surface area contributed by atoms with E-state index in [0.717, 1.165) is 0 Å². The Kier molecular flexibility index (Phi) is 2.97. The van der Waals surface area contributed by atoms with Crippen molar-refractivity contribution < 1.29 is 4.79 Å². The quantitative estimate of drug-likeness (QED) is 0.480. The van der Waals surface area contributed by atoms with Crippen LogP contribution in [-0.4, -0.2) is 15.8 Å². The summed E-state index contributed by atoms with van der Waals surface area (Å²) in [6.07, 6.45) is 3.28. The molecule has 0 N–H and O–H groups in total. The number of carbonyl (C=O) groups is 1. The Bertz CT molecular complexity index is 321. The molecule has 1 rings (SSSR count). The summed E-state index contributed by atoms with van der Waals surface area (Å²) in [5, 5.41) is 0. The van der Waals surface area contributed by atoms with Crippen LogP contribution >= 0.6 is 0 Å².